The van der Waals surface area contributed by atoms with Crippen LogP contribution in [0, 0.1) is 12.8 Å². The van der Waals surface area contributed by atoms with Crippen LogP contribution in [0.2, 0.25) is 0 Å². The Bertz CT molecular complexity index is 826. The molecule has 0 unspecified atom stereocenters. The summed E-state index contributed by atoms with van der Waals surface area (Å²) in [5.41, 5.74) is 4.64. The van der Waals surface area contributed by atoms with Crippen LogP contribution in [-0.4, -0.2) is 27.2 Å². The Kier molecular flexibility index (Phi) is 11.3. The standard InChI is InChI=1S/C27H40O4/c1-18(2)10-13-26(30)21(5)9-7-8-19(3)14-24(28)15-20(4)11-12-23-17-25(29)16-22(6)27(23)31/h10-11,14,16-17,21,24,28-29,31H,7-9,12-13,15H2,1-6H3/t21-,24-/m0/s1. The van der Waals surface area contributed by atoms with Gasteiger partial charge in [0.1, 0.15) is 17.3 Å². The van der Waals surface area contributed by atoms with E-state index in [-0.39, 0.29) is 23.2 Å². The third-order valence-electron chi connectivity index (χ3n) is 5.51. The molecule has 172 valence electrons. The highest BCUT2D eigenvalue weighted by Gasteiger charge is 2.11. The van der Waals surface area contributed by atoms with Crippen molar-refractivity contribution in [1.29, 1.82) is 0 Å². The van der Waals surface area contributed by atoms with E-state index >= 15 is 0 Å². The third-order valence-corrected chi connectivity index (χ3v) is 5.51. The van der Waals surface area contributed by atoms with Crippen molar-refractivity contribution >= 4 is 5.78 Å². The first kappa shape index (κ1) is 26.7. The smallest absolute Gasteiger partial charge is 0.139 e. The number of phenols is 2. The van der Waals surface area contributed by atoms with Gasteiger partial charge in [-0.05, 0) is 84.4 Å². The van der Waals surface area contributed by atoms with E-state index in [0.717, 1.165) is 30.4 Å². The minimum Gasteiger partial charge on any atom is -0.508 e. The van der Waals surface area contributed by atoms with Gasteiger partial charge in [0, 0.05) is 17.9 Å². The summed E-state index contributed by atoms with van der Waals surface area (Å²) in [6, 6.07) is 3.10. The van der Waals surface area contributed by atoms with Gasteiger partial charge in [0.25, 0.3) is 0 Å². The number of allylic oxidation sites excluding steroid dienone is 4. The second-order valence-corrected chi connectivity index (χ2v) is 9.05. The predicted octanol–water partition coefficient (Wildman–Crippen LogP) is 6.32. The molecule has 0 spiro atoms. The molecule has 0 radical (unpaired) electrons. The molecule has 0 fully saturated rings. The molecule has 0 aliphatic heterocycles. The van der Waals surface area contributed by atoms with Gasteiger partial charge in [-0.3, -0.25) is 4.79 Å². The minimum atomic E-state index is -0.563. The van der Waals surface area contributed by atoms with Crippen LogP contribution in [0.3, 0.4) is 0 Å². The molecule has 0 aliphatic carbocycles. The van der Waals surface area contributed by atoms with Crippen molar-refractivity contribution in [1.82, 2.24) is 0 Å². The van der Waals surface area contributed by atoms with Crippen molar-refractivity contribution in [3.63, 3.8) is 0 Å². The fourth-order valence-electron chi connectivity index (χ4n) is 3.51. The van der Waals surface area contributed by atoms with Crippen LogP contribution < -0.4 is 0 Å². The van der Waals surface area contributed by atoms with Crippen LogP contribution in [0.25, 0.3) is 0 Å². The average Bonchev–Trinajstić information content (AvgIpc) is 2.67. The Morgan fingerprint density at radius 1 is 1.06 bits per heavy atom. The summed E-state index contributed by atoms with van der Waals surface area (Å²) in [7, 11) is 0. The van der Waals surface area contributed by atoms with Crippen molar-refractivity contribution in [2.45, 2.75) is 86.2 Å². The highest BCUT2D eigenvalue weighted by molar-refractivity contribution is 5.82. The van der Waals surface area contributed by atoms with Crippen molar-refractivity contribution in [3.05, 3.63) is 58.2 Å². The summed E-state index contributed by atoms with van der Waals surface area (Å²) in [6.07, 6.45) is 9.49. The predicted molar refractivity (Wildman–Crippen MR) is 128 cm³/mol. The first-order valence-corrected chi connectivity index (χ1v) is 11.2. The molecular weight excluding hydrogens is 388 g/mol. The lowest BCUT2D eigenvalue weighted by Crippen LogP contribution is -2.10. The van der Waals surface area contributed by atoms with Crippen LogP contribution in [0.1, 0.15) is 77.8 Å². The van der Waals surface area contributed by atoms with Gasteiger partial charge >= 0.3 is 0 Å². The van der Waals surface area contributed by atoms with E-state index in [1.54, 1.807) is 13.0 Å². The van der Waals surface area contributed by atoms with E-state index in [9.17, 15) is 20.1 Å². The lowest BCUT2D eigenvalue weighted by atomic mass is 9.95. The number of hydrogen-bond acceptors (Lipinski definition) is 4. The fourth-order valence-corrected chi connectivity index (χ4v) is 3.51. The highest BCUT2D eigenvalue weighted by atomic mass is 16.3. The van der Waals surface area contributed by atoms with Gasteiger partial charge in [0.15, 0.2) is 0 Å². The molecule has 0 amide bonds. The summed E-state index contributed by atoms with van der Waals surface area (Å²) in [5, 5.41) is 30.2. The number of carbonyl (C=O) groups is 1. The zero-order valence-electron chi connectivity index (χ0n) is 20.0. The SMILES string of the molecule is CC(C)=CCC(=O)[C@@H](C)CCCC(C)=C[C@H](O)CC(C)=CCc1cc(O)cc(C)c1O. The molecule has 4 heteroatoms. The molecule has 31 heavy (non-hydrogen) atoms. The maximum Gasteiger partial charge on any atom is 0.139 e. The van der Waals surface area contributed by atoms with E-state index in [1.165, 1.54) is 11.6 Å². The number of rotatable bonds is 12. The molecule has 1 aromatic carbocycles. The zero-order chi connectivity index (χ0) is 23.6. The zero-order valence-corrected chi connectivity index (χ0v) is 20.0. The Morgan fingerprint density at radius 2 is 1.74 bits per heavy atom. The van der Waals surface area contributed by atoms with Gasteiger partial charge in [0.05, 0.1) is 6.10 Å². The molecule has 0 heterocycles. The molecule has 0 aliphatic rings. The number of carbonyl (C=O) groups excluding carboxylic acids is 1. The quantitative estimate of drug-likeness (QED) is 0.269. The van der Waals surface area contributed by atoms with E-state index in [0.29, 0.717) is 30.4 Å². The molecule has 0 saturated heterocycles. The summed E-state index contributed by atoms with van der Waals surface area (Å²) < 4.78 is 0. The molecule has 0 aromatic heterocycles. The molecule has 3 N–H and O–H groups in total. The lowest BCUT2D eigenvalue weighted by molar-refractivity contribution is -0.121. The second kappa shape index (κ2) is 13.2. The Labute approximate surface area is 188 Å². The molecule has 1 aromatic rings. The lowest BCUT2D eigenvalue weighted by Gasteiger charge is -2.11. The third kappa shape index (κ3) is 10.5. The highest BCUT2D eigenvalue weighted by Crippen LogP contribution is 2.28. The van der Waals surface area contributed by atoms with Crippen molar-refractivity contribution < 1.29 is 20.1 Å². The van der Waals surface area contributed by atoms with E-state index in [2.05, 4.69) is 0 Å². The molecule has 4 nitrogen and oxygen atoms in total. The Hall–Kier alpha value is -2.33. The van der Waals surface area contributed by atoms with E-state index in [1.807, 2.05) is 52.8 Å². The summed E-state index contributed by atoms with van der Waals surface area (Å²) in [4.78, 5) is 12.1. The summed E-state index contributed by atoms with van der Waals surface area (Å²) in [5.74, 6) is 0.696. The number of phenolic OH excluding ortho intramolecular Hbond substituents is 2. The molecule has 2 atom stereocenters. The normalized spacial score (nSPS) is 14.3. The number of aliphatic hydroxyl groups excluding tert-OH is 1. The Balaban J connectivity index is 2.49. The second-order valence-electron chi connectivity index (χ2n) is 9.05. The Morgan fingerprint density at radius 3 is 2.39 bits per heavy atom. The van der Waals surface area contributed by atoms with Gasteiger partial charge < -0.3 is 15.3 Å². The van der Waals surface area contributed by atoms with Crippen molar-refractivity contribution in [2.24, 2.45) is 5.92 Å². The largest absolute Gasteiger partial charge is 0.508 e. The van der Waals surface area contributed by atoms with Crippen LogP contribution in [0.15, 0.2) is 47.1 Å². The molecular formula is C27H40O4. The molecule has 0 bridgehead atoms. The number of Topliss-reactive ketones (excluding diaryl/α,β-unsaturated/α-hetero) is 1. The maximum atomic E-state index is 12.1. The average molecular weight is 429 g/mol. The van der Waals surface area contributed by atoms with Crippen LogP contribution >= 0.6 is 0 Å². The number of aliphatic hydroxyl groups is 1. The summed E-state index contributed by atoms with van der Waals surface area (Å²) in [6.45, 7) is 11.7. The monoisotopic (exact) mass is 428 g/mol. The number of hydrogen-bond donors (Lipinski definition) is 3. The molecule has 0 saturated carbocycles. The fraction of sp³-hybridized carbons (Fsp3) is 0.519. The topological polar surface area (TPSA) is 77.8 Å². The minimum absolute atomic E-state index is 0.0657. The van der Waals surface area contributed by atoms with Crippen molar-refractivity contribution in [2.75, 3.05) is 0 Å². The number of aromatic hydroxyl groups is 2. The summed E-state index contributed by atoms with van der Waals surface area (Å²) >= 11 is 0. The number of benzene rings is 1. The van der Waals surface area contributed by atoms with Crippen LogP contribution in [0.4, 0.5) is 0 Å². The van der Waals surface area contributed by atoms with Gasteiger partial charge in [-0.2, -0.15) is 0 Å². The van der Waals surface area contributed by atoms with Gasteiger partial charge in [0.2, 0.25) is 0 Å². The van der Waals surface area contributed by atoms with Gasteiger partial charge in [-0.1, -0.05) is 41.9 Å². The number of ketones is 1. The van der Waals surface area contributed by atoms with Crippen molar-refractivity contribution in [3.8, 4) is 11.5 Å². The van der Waals surface area contributed by atoms with E-state index < -0.39 is 6.10 Å². The maximum absolute atomic E-state index is 12.1. The molecule has 1 rings (SSSR count). The van der Waals surface area contributed by atoms with E-state index in [4.69, 9.17) is 0 Å². The van der Waals surface area contributed by atoms with Gasteiger partial charge in [-0.15, -0.1) is 0 Å². The first-order valence-electron chi connectivity index (χ1n) is 11.2. The number of aryl methyl sites for hydroxylation is 1. The van der Waals surface area contributed by atoms with Gasteiger partial charge in [-0.25, -0.2) is 0 Å². The first-order chi connectivity index (χ1) is 14.5. The van der Waals surface area contributed by atoms with Crippen LogP contribution in [-0.2, 0) is 11.2 Å². The van der Waals surface area contributed by atoms with Crippen LogP contribution in [0.5, 0.6) is 11.5 Å².